The van der Waals surface area contributed by atoms with Crippen molar-refractivity contribution in [2.45, 2.75) is 97.9 Å². The number of carboxylic acids is 1. The number of amides is 3. The monoisotopic (exact) mass is 764 g/mol. The van der Waals surface area contributed by atoms with Crippen LogP contribution in [0.4, 0.5) is 0 Å². The molecule has 1 saturated heterocycles. The summed E-state index contributed by atoms with van der Waals surface area (Å²) in [5.74, 6) is -1.84. The van der Waals surface area contributed by atoms with E-state index in [1.165, 1.54) is 19.1 Å². The topological polar surface area (TPSA) is 156 Å². The van der Waals surface area contributed by atoms with Gasteiger partial charge in [0.2, 0.25) is 17.7 Å². The van der Waals surface area contributed by atoms with Crippen molar-refractivity contribution in [2.24, 2.45) is 16.8 Å². The number of methoxy groups -OCH3 is 2. The predicted molar refractivity (Wildman–Crippen MR) is 216 cm³/mol. The number of carboxylic acid groups (broad SMARTS) is 1. The van der Waals surface area contributed by atoms with Crippen molar-refractivity contribution in [3.8, 4) is 0 Å². The molecule has 310 valence electrons. The number of guanidine groups is 1. The Balaban J connectivity index is 0.00000243. The number of benzene rings is 1. The largest absolute Gasteiger partial charge is 0.480 e. The summed E-state index contributed by atoms with van der Waals surface area (Å²) in [5.41, 5.74) is 1.32. The number of hydrogen-bond acceptors (Lipinski definition) is 8. The van der Waals surface area contributed by atoms with Crippen LogP contribution in [0.5, 0.6) is 0 Å². The van der Waals surface area contributed by atoms with E-state index in [-0.39, 0.29) is 42.8 Å². The number of carbonyl (C=O) groups is 4. The van der Waals surface area contributed by atoms with Crippen LogP contribution in [0.2, 0.25) is 0 Å². The molecule has 1 aliphatic heterocycles. The van der Waals surface area contributed by atoms with Crippen LogP contribution in [0.3, 0.4) is 0 Å². The Labute approximate surface area is 326 Å². The summed E-state index contributed by atoms with van der Waals surface area (Å²) >= 11 is 0. The zero-order valence-corrected chi connectivity index (χ0v) is 35.6. The van der Waals surface area contributed by atoms with Crippen LogP contribution in [0, 0.1) is 18.8 Å². The summed E-state index contributed by atoms with van der Waals surface area (Å²) in [5, 5.41) is 14.4. The average molecular weight is 764 g/mol. The van der Waals surface area contributed by atoms with Crippen LogP contribution >= 0.6 is 0 Å². The third kappa shape index (κ3) is 17.6. The lowest BCUT2D eigenvalue weighted by molar-refractivity contribution is -0.145. The minimum Gasteiger partial charge on any atom is -0.480 e. The lowest BCUT2D eigenvalue weighted by atomic mass is 9.90. The molecule has 14 heteroatoms. The number of nitrogens with zero attached hydrogens (tertiary/aromatic N) is 5. The molecule has 6 atom stereocenters. The second kappa shape index (κ2) is 27.8. The van der Waals surface area contributed by atoms with E-state index in [1.807, 2.05) is 70.0 Å². The Morgan fingerprint density at radius 1 is 1.02 bits per heavy atom. The molecular weight excluding hydrogens is 690 g/mol. The van der Waals surface area contributed by atoms with Gasteiger partial charge in [0.05, 0.1) is 36.6 Å². The van der Waals surface area contributed by atoms with Crippen molar-refractivity contribution in [1.82, 2.24) is 30.2 Å². The third-order valence-corrected chi connectivity index (χ3v) is 9.45. The maximum Gasteiger partial charge on any atom is 0.322 e. The number of aliphatic imine (C=N–C) groups is 1. The van der Waals surface area contributed by atoms with Crippen LogP contribution in [0.15, 0.2) is 35.3 Å². The van der Waals surface area contributed by atoms with E-state index in [1.54, 1.807) is 30.9 Å². The van der Waals surface area contributed by atoms with Crippen molar-refractivity contribution in [2.75, 3.05) is 82.2 Å². The predicted octanol–water partition coefficient (Wildman–Crippen LogP) is 3.59. The fourth-order valence-electron chi connectivity index (χ4n) is 6.42. The summed E-state index contributed by atoms with van der Waals surface area (Å²) in [6.45, 7) is 13.6. The van der Waals surface area contributed by atoms with Crippen molar-refractivity contribution < 1.29 is 33.8 Å². The highest BCUT2D eigenvalue weighted by Gasteiger charge is 2.42. The fraction of sp³-hybridized carbons (Fsp3) is 0.725. The quantitative estimate of drug-likeness (QED) is 0.149. The molecule has 0 bridgehead atoms. The first-order chi connectivity index (χ1) is 25.6. The Bertz CT molecular complexity index is 1250. The van der Waals surface area contributed by atoms with Crippen molar-refractivity contribution in [1.29, 1.82) is 0 Å². The van der Waals surface area contributed by atoms with Gasteiger partial charge in [-0.3, -0.25) is 19.2 Å². The van der Waals surface area contributed by atoms with Gasteiger partial charge in [-0.1, -0.05) is 83.4 Å². The highest BCUT2D eigenvalue weighted by Crippen LogP contribution is 2.29. The second-order valence-corrected chi connectivity index (χ2v) is 14.2. The Morgan fingerprint density at radius 3 is 2.09 bits per heavy atom. The standard InChI is InChI=1S/C30H57N7O7.C7H8.C3H8/c1-11-20(2)27(36(8)25(39)18-33-30(34(5)6)35(7)16-14-31-4)23(43-9)17-24(38)37-15-12-13-22(37)28(44-10)21(3)29(42)32-19-26(40)41;1-7-5-3-2-4-6-7;1-3-2/h20-23,27-28,31H,11-19H2,1-10H3,(H,32,42)(H,40,41);2-6H,1H3;3H2,1-2H3. The first-order valence-corrected chi connectivity index (χ1v) is 19.3. The van der Waals surface area contributed by atoms with Gasteiger partial charge < -0.3 is 44.8 Å². The van der Waals surface area contributed by atoms with Gasteiger partial charge in [-0.05, 0) is 32.7 Å². The highest BCUT2D eigenvalue weighted by molar-refractivity contribution is 5.85. The zero-order chi connectivity index (χ0) is 41.4. The zero-order valence-electron chi connectivity index (χ0n) is 35.6. The lowest BCUT2D eigenvalue weighted by Crippen LogP contribution is -2.53. The Hall–Kier alpha value is -3.75. The number of aryl methyl sites for hydroxylation is 1. The van der Waals surface area contributed by atoms with Gasteiger partial charge in [0, 0.05) is 62.0 Å². The number of carbonyl (C=O) groups excluding carboxylic acids is 3. The lowest BCUT2D eigenvalue weighted by Gasteiger charge is -2.39. The SMILES string of the molecule is CCC.CCC(C)C(C(CC(=O)N1CCCC1C(OC)C(C)C(=O)NCC(=O)O)OC)N(C)C(=O)CN=C(N(C)C)N(C)CCNC.Cc1ccccc1. The van der Waals surface area contributed by atoms with E-state index in [2.05, 4.69) is 48.5 Å². The van der Waals surface area contributed by atoms with Gasteiger partial charge in [-0.15, -0.1) is 0 Å². The maximum atomic E-state index is 13.8. The van der Waals surface area contributed by atoms with Crippen molar-refractivity contribution >= 4 is 29.7 Å². The van der Waals surface area contributed by atoms with Crippen LogP contribution in [0.1, 0.15) is 72.3 Å². The molecule has 0 aliphatic carbocycles. The van der Waals surface area contributed by atoms with Gasteiger partial charge >= 0.3 is 5.97 Å². The van der Waals surface area contributed by atoms with Crippen LogP contribution < -0.4 is 10.6 Å². The molecule has 3 amide bonds. The van der Waals surface area contributed by atoms with E-state index in [9.17, 15) is 19.2 Å². The molecule has 6 unspecified atom stereocenters. The summed E-state index contributed by atoms with van der Waals surface area (Å²) < 4.78 is 11.6. The van der Waals surface area contributed by atoms with Crippen molar-refractivity contribution in [3.63, 3.8) is 0 Å². The van der Waals surface area contributed by atoms with Crippen LogP contribution in [-0.4, -0.2) is 161 Å². The molecule has 1 heterocycles. The second-order valence-electron chi connectivity index (χ2n) is 14.2. The van der Waals surface area contributed by atoms with E-state index >= 15 is 0 Å². The molecule has 1 fully saturated rings. The first-order valence-electron chi connectivity index (χ1n) is 19.3. The van der Waals surface area contributed by atoms with E-state index < -0.39 is 36.5 Å². The highest BCUT2D eigenvalue weighted by atomic mass is 16.5. The smallest absolute Gasteiger partial charge is 0.322 e. The molecule has 0 radical (unpaired) electrons. The summed E-state index contributed by atoms with van der Waals surface area (Å²) in [4.78, 5) is 62.7. The Morgan fingerprint density at radius 2 is 1.63 bits per heavy atom. The number of likely N-dealkylation sites (N-methyl/N-ethyl adjacent to an activating group) is 3. The van der Waals surface area contributed by atoms with Gasteiger partial charge in [-0.25, -0.2) is 4.99 Å². The summed E-state index contributed by atoms with van der Waals surface area (Å²) in [6.07, 6.45) is 2.30. The molecule has 0 spiro atoms. The maximum absolute atomic E-state index is 13.8. The summed E-state index contributed by atoms with van der Waals surface area (Å²) in [6, 6.07) is 9.54. The Kier molecular flexibility index (Phi) is 25.8. The first kappa shape index (κ1) is 50.2. The minimum atomic E-state index is -1.14. The number of hydrogen-bond donors (Lipinski definition) is 3. The van der Waals surface area contributed by atoms with Crippen molar-refractivity contribution in [3.05, 3.63) is 35.9 Å². The van der Waals surface area contributed by atoms with Gasteiger partial charge in [0.25, 0.3) is 0 Å². The average Bonchev–Trinajstić information content (AvgIpc) is 3.63. The van der Waals surface area contributed by atoms with E-state index in [0.717, 1.165) is 25.9 Å². The molecule has 1 aromatic rings. The molecule has 1 aromatic carbocycles. The molecule has 14 nitrogen and oxygen atoms in total. The normalized spacial score (nSPS) is 16.6. The summed E-state index contributed by atoms with van der Waals surface area (Å²) in [7, 11) is 12.4. The molecule has 3 N–H and O–H groups in total. The fourth-order valence-corrected chi connectivity index (χ4v) is 6.42. The molecule has 1 aliphatic rings. The number of ether oxygens (including phenoxy) is 2. The number of likely N-dealkylation sites (tertiary alicyclic amines) is 1. The molecule has 0 aromatic heterocycles. The third-order valence-electron chi connectivity index (χ3n) is 9.45. The van der Waals surface area contributed by atoms with Gasteiger partial charge in [0.15, 0.2) is 5.96 Å². The molecule has 2 rings (SSSR count). The molecule has 0 saturated carbocycles. The van der Waals surface area contributed by atoms with E-state index in [4.69, 9.17) is 14.6 Å². The number of nitrogens with one attached hydrogen (secondary N) is 2. The molecule has 54 heavy (non-hydrogen) atoms. The molecular formula is C40H73N7O7. The van der Waals surface area contributed by atoms with Crippen LogP contribution in [0.25, 0.3) is 0 Å². The van der Waals surface area contributed by atoms with E-state index in [0.29, 0.717) is 18.9 Å². The van der Waals surface area contributed by atoms with Gasteiger partial charge in [-0.2, -0.15) is 0 Å². The minimum absolute atomic E-state index is 0.0383. The van der Waals surface area contributed by atoms with Gasteiger partial charge in [0.1, 0.15) is 13.1 Å². The number of rotatable bonds is 18. The number of aliphatic carboxylic acids is 1. The van der Waals surface area contributed by atoms with Crippen LogP contribution in [-0.2, 0) is 28.7 Å².